The van der Waals surface area contributed by atoms with Crippen LogP contribution >= 0.6 is 15.9 Å². The van der Waals surface area contributed by atoms with Gasteiger partial charge in [0.2, 0.25) is 5.88 Å². The van der Waals surface area contributed by atoms with Gasteiger partial charge in [-0.15, -0.1) is 0 Å². The summed E-state index contributed by atoms with van der Waals surface area (Å²) in [6.45, 7) is 0. The highest BCUT2D eigenvalue weighted by molar-refractivity contribution is 9.10. The lowest BCUT2D eigenvalue weighted by molar-refractivity contribution is -0.133. The normalized spacial score (nSPS) is 10.1. The van der Waals surface area contributed by atoms with Crippen molar-refractivity contribution in [2.24, 2.45) is 0 Å². The molecule has 0 aliphatic carbocycles. The number of esters is 1. The number of aromatic nitrogens is 1. The molecular weight excluding hydrogens is 270 g/mol. The van der Waals surface area contributed by atoms with Crippen molar-refractivity contribution < 1.29 is 9.53 Å². The van der Waals surface area contributed by atoms with Crippen LogP contribution in [0.15, 0.2) is 47.1 Å². The number of carbonyl (C=O) groups is 1. The first kappa shape index (κ1) is 11.0. The molecule has 0 fully saturated rings. The molecule has 0 unspecified atom stereocenters. The third-order valence-electron chi connectivity index (χ3n) is 2.05. The van der Waals surface area contributed by atoms with E-state index in [9.17, 15) is 4.79 Å². The van der Waals surface area contributed by atoms with Crippen molar-refractivity contribution in [1.29, 1.82) is 0 Å². The summed E-state index contributed by atoms with van der Waals surface area (Å²) >= 11 is 3.34. The second-order valence-electron chi connectivity index (χ2n) is 3.31. The number of benzene rings is 1. The minimum atomic E-state index is -0.273. The summed E-state index contributed by atoms with van der Waals surface area (Å²) in [5.74, 6) is 0.201. The molecule has 2 rings (SSSR count). The molecule has 16 heavy (non-hydrogen) atoms. The van der Waals surface area contributed by atoms with E-state index in [4.69, 9.17) is 4.74 Å². The molecule has 0 radical (unpaired) electrons. The Hall–Kier alpha value is -1.55. The maximum atomic E-state index is 11.5. The van der Waals surface area contributed by atoms with Gasteiger partial charge >= 0.3 is 5.97 Å². The Morgan fingerprint density at radius 2 is 2.00 bits per heavy atom. The topological polar surface area (TPSA) is 42.1 Å². The summed E-state index contributed by atoms with van der Waals surface area (Å²) in [6, 6.07) is 11.1. The van der Waals surface area contributed by atoms with E-state index in [2.05, 4.69) is 20.9 Å². The Labute approximate surface area is 102 Å². The van der Waals surface area contributed by atoms with Crippen molar-refractivity contribution in [2.45, 2.75) is 6.42 Å². The summed E-state index contributed by atoms with van der Waals surface area (Å²) < 4.78 is 6.08. The number of carbonyl (C=O) groups excluding carboxylic acids is 1. The van der Waals surface area contributed by atoms with Crippen LogP contribution in [0.2, 0.25) is 0 Å². The largest absolute Gasteiger partial charge is 0.409 e. The van der Waals surface area contributed by atoms with E-state index < -0.39 is 0 Å². The average molecular weight is 280 g/mol. The fraction of sp³-hybridized carbons (Fsp3) is 0.0833. The molecule has 2 aromatic rings. The van der Waals surface area contributed by atoms with Gasteiger partial charge in [0.15, 0.2) is 0 Å². The Morgan fingerprint density at radius 3 is 2.62 bits per heavy atom. The Balaban J connectivity index is 1.95. The molecule has 0 bridgehead atoms. The fourth-order valence-corrected chi connectivity index (χ4v) is 1.57. The van der Waals surface area contributed by atoms with Gasteiger partial charge in [-0.1, -0.05) is 28.1 Å². The molecule has 0 atom stereocenters. The lowest BCUT2D eigenvalue weighted by atomic mass is 10.2. The first-order valence-corrected chi connectivity index (χ1v) is 5.62. The second-order valence-corrected chi connectivity index (χ2v) is 4.23. The molecule has 82 valence electrons. The molecule has 0 saturated carbocycles. The van der Waals surface area contributed by atoms with Gasteiger partial charge in [-0.2, -0.15) is 0 Å². The van der Waals surface area contributed by atoms with Crippen LogP contribution in [0, 0.1) is 0 Å². The average Bonchev–Trinajstić information content (AvgIpc) is 2.74. The third kappa shape index (κ3) is 2.97. The predicted octanol–water partition coefficient (Wildman–Crippen LogP) is 2.93. The van der Waals surface area contributed by atoms with E-state index in [0.29, 0.717) is 5.88 Å². The summed E-state index contributed by atoms with van der Waals surface area (Å²) in [6.07, 6.45) is 1.98. The summed E-state index contributed by atoms with van der Waals surface area (Å²) in [7, 11) is 0. The highest BCUT2D eigenvalue weighted by Gasteiger charge is 2.06. The highest BCUT2D eigenvalue weighted by atomic mass is 79.9. The maximum absolute atomic E-state index is 11.5. The molecule has 0 amide bonds. The van der Waals surface area contributed by atoms with Crippen molar-refractivity contribution in [3.05, 3.63) is 52.6 Å². The molecule has 4 heteroatoms. The van der Waals surface area contributed by atoms with Gasteiger partial charge in [0.05, 0.1) is 6.42 Å². The number of halogens is 1. The first-order valence-electron chi connectivity index (χ1n) is 4.82. The van der Waals surface area contributed by atoms with Gasteiger partial charge in [0, 0.05) is 16.7 Å². The molecule has 1 N–H and O–H groups in total. The molecule has 1 aromatic carbocycles. The fourth-order valence-electron chi connectivity index (χ4n) is 1.30. The van der Waals surface area contributed by atoms with Gasteiger partial charge in [-0.25, -0.2) is 0 Å². The van der Waals surface area contributed by atoms with Gasteiger partial charge in [-0.05, 0) is 23.8 Å². The molecule has 0 spiro atoms. The summed E-state index contributed by atoms with van der Waals surface area (Å²) in [4.78, 5) is 14.3. The molecule has 1 aromatic heterocycles. The quantitative estimate of drug-likeness (QED) is 0.878. The molecule has 0 aliphatic heterocycles. The van der Waals surface area contributed by atoms with Gasteiger partial charge in [-0.3, -0.25) is 4.79 Å². The number of aromatic amines is 1. The monoisotopic (exact) mass is 279 g/mol. The molecule has 1 heterocycles. The van der Waals surface area contributed by atoms with E-state index in [1.54, 1.807) is 18.3 Å². The number of hydrogen-bond acceptors (Lipinski definition) is 2. The van der Waals surface area contributed by atoms with E-state index in [-0.39, 0.29) is 12.4 Å². The summed E-state index contributed by atoms with van der Waals surface area (Å²) in [5.41, 5.74) is 0.930. The van der Waals surface area contributed by atoms with Crippen LogP contribution in [0.1, 0.15) is 5.56 Å². The number of nitrogens with one attached hydrogen (secondary N) is 1. The van der Waals surface area contributed by atoms with Crippen molar-refractivity contribution in [2.75, 3.05) is 0 Å². The van der Waals surface area contributed by atoms with E-state index in [0.717, 1.165) is 10.0 Å². The number of rotatable bonds is 3. The zero-order valence-electron chi connectivity index (χ0n) is 8.44. The molecular formula is C12H10BrNO2. The number of hydrogen-bond donors (Lipinski definition) is 1. The lowest BCUT2D eigenvalue weighted by Gasteiger charge is -2.02. The maximum Gasteiger partial charge on any atom is 0.316 e. The molecule has 0 saturated heterocycles. The van der Waals surface area contributed by atoms with Crippen LogP contribution in [0.4, 0.5) is 0 Å². The van der Waals surface area contributed by atoms with Crippen LogP contribution in [0.3, 0.4) is 0 Å². The Kier molecular flexibility index (Phi) is 3.41. The highest BCUT2D eigenvalue weighted by Crippen LogP contribution is 2.12. The smallest absolute Gasteiger partial charge is 0.316 e. The van der Waals surface area contributed by atoms with Crippen LogP contribution in [-0.2, 0) is 11.2 Å². The Morgan fingerprint density at radius 1 is 1.25 bits per heavy atom. The van der Waals surface area contributed by atoms with E-state index >= 15 is 0 Å². The zero-order valence-corrected chi connectivity index (χ0v) is 10.0. The zero-order chi connectivity index (χ0) is 11.4. The summed E-state index contributed by atoms with van der Waals surface area (Å²) in [5, 5.41) is 0. The van der Waals surface area contributed by atoms with Crippen LogP contribution in [0.5, 0.6) is 5.88 Å². The molecule has 0 aliphatic rings. The minimum Gasteiger partial charge on any atom is -0.409 e. The van der Waals surface area contributed by atoms with E-state index in [1.807, 2.05) is 24.3 Å². The van der Waals surface area contributed by atoms with Gasteiger partial charge in [0.1, 0.15) is 0 Å². The van der Waals surface area contributed by atoms with Crippen molar-refractivity contribution in [1.82, 2.24) is 4.98 Å². The number of H-pyrrole nitrogens is 1. The standard InChI is InChI=1S/C12H10BrNO2/c13-10-5-3-9(4-6-10)8-12(15)16-11-2-1-7-14-11/h1-7,14H,8H2. The SMILES string of the molecule is O=C(Cc1ccc(Br)cc1)Oc1ccc[nH]1. The lowest BCUT2D eigenvalue weighted by Crippen LogP contribution is -2.11. The van der Waals surface area contributed by atoms with Crippen LogP contribution < -0.4 is 4.74 Å². The minimum absolute atomic E-state index is 0.270. The van der Waals surface area contributed by atoms with Gasteiger partial charge < -0.3 is 9.72 Å². The number of ether oxygens (including phenoxy) is 1. The second kappa shape index (κ2) is 4.99. The van der Waals surface area contributed by atoms with Crippen LogP contribution in [-0.4, -0.2) is 11.0 Å². The van der Waals surface area contributed by atoms with E-state index in [1.165, 1.54) is 0 Å². The molecule has 3 nitrogen and oxygen atoms in total. The van der Waals surface area contributed by atoms with Crippen molar-refractivity contribution >= 4 is 21.9 Å². The Bertz CT molecular complexity index is 462. The van der Waals surface area contributed by atoms with Crippen molar-refractivity contribution in [3.8, 4) is 5.88 Å². The predicted molar refractivity (Wildman–Crippen MR) is 64.3 cm³/mol. The van der Waals surface area contributed by atoms with Gasteiger partial charge in [0.25, 0.3) is 0 Å². The third-order valence-corrected chi connectivity index (χ3v) is 2.58. The van der Waals surface area contributed by atoms with Crippen molar-refractivity contribution in [3.63, 3.8) is 0 Å². The van der Waals surface area contributed by atoms with Crippen LogP contribution in [0.25, 0.3) is 0 Å². The first-order chi connectivity index (χ1) is 7.74.